The van der Waals surface area contributed by atoms with Crippen molar-refractivity contribution in [3.8, 4) is 11.5 Å². The van der Waals surface area contributed by atoms with Crippen LogP contribution >= 0.6 is 0 Å². The summed E-state index contributed by atoms with van der Waals surface area (Å²) in [5.74, 6) is 2.43. The van der Waals surface area contributed by atoms with Gasteiger partial charge in [0.15, 0.2) is 5.82 Å². The van der Waals surface area contributed by atoms with Crippen molar-refractivity contribution in [3.05, 3.63) is 29.6 Å². The van der Waals surface area contributed by atoms with Crippen molar-refractivity contribution in [1.82, 2.24) is 30.0 Å². The van der Waals surface area contributed by atoms with Crippen LogP contribution in [-0.4, -0.2) is 76.4 Å². The summed E-state index contributed by atoms with van der Waals surface area (Å²) >= 11 is 0. The van der Waals surface area contributed by atoms with Crippen molar-refractivity contribution < 1.29 is 9.47 Å². The van der Waals surface area contributed by atoms with Gasteiger partial charge in [0.2, 0.25) is 0 Å². The minimum atomic E-state index is -0.222. The molecule has 0 radical (unpaired) electrons. The van der Waals surface area contributed by atoms with Crippen LogP contribution in [0.15, 0.2) is 18.2 Å². The van der Waals surface area contributed by atoms with E-state index in [4.69, 9.17) is 9.47 Å². The van der Waals surface area contributed by atoms with Gasteiger partial charge >= 0.3 is 0 Å². The summed E-state index contributed by atoms with van der Waals surface area (Å²) in [5, 5.41) is 12.9. The molecule has 2 heterocycles. The average molecular weight is 443 g/mol. The summed E-state index contributed by atoms with van der Waals surface area (Å²) in [5.41, 5.74) is 0.848. The number of methoxy groups -OCH3 is 2. The fourth-order valence-electron chi connectivity index (χ4n) is 5.19. The smallest absolute Gasteiger partial charge is 0.173 e. The Labute approximate surface area is 191 Å². The number of ether oxygens (including phenoxy) is 2. The molecule has 1 aromatic heterocycles. The van der Waals surface area contributed by atoms with E-state index in [9.17, 15) is 0 Å². The first-order chi connectivity index (χ1) is 15.4. The maximum absolute atomic E-state index is 5.80. The third kappa shape index (κ3) is 4.76. The van der Waals surface area contributed by atoms with E-state index in [0.29, 0.717) is 0 Å². The molecular formula is C24H38N6O2. The van der Waals surface area contributed by atoms with Crippen LogP contribution in [0.2, 0.25) is 0 Å². The maximum Gasteiger partial charge on any atom is 0.173 e. The second-order valence-electron chi connectivity index (χ2n) is 9.99. The van der Waals surface area contributed by atoms with Gasteiger partial charge in [-0.2, -0.15) is 0 Å². The lowest BCUT2D eigenvalue weighted by Crippen LogP contribution is -2.52. The van der Waals surface area contributed by atoms with Crippen molar-refractivity contribution in [1.29, 1.82) is 0 Å². The minimum Gasteiger partial charge on any atom is -0.497 e. The van der Waals surface area contributed by atoms with E-state index in [1.54, 1.807) is 14.2 Å². The quantitative estimate of drug-likeness (QED) is 0.678. The number of benzene rings is 1. The fraction of sp³-hybridized carbons (Fsp3) is 0.708. The van der Waals surface area contributed by atoms with Gasteiger partial charge < -0.3 is 9.47 Å². The van der Waals surface area contributed by atoms with Crippen LogP contribution in [0.3, 0.4) is 0 Å². The first-order valence-electron chi connectivity index (χ1n) is 11.9. The molecule has 0 N–H and O–H groups in total. The summed E-state index contributed by atoms with van der Waals surface area (Å²) in [6.07, 6.45) is 6.83. The molecule has 32 heavy (non-hydrogen) atoms. The topological polar surface area (TPSA) is 68.5 Å². The standard InChI is InChI=1S/C24H38N6O2/c1-24(2,3)30-23(25-26-27-30)22(20-12-11-19(31-4)17-21(20)32-5)29-15-13-28(14-16-29)18-9-7-6-8-10-18/h11-12,17-18,22H,6-10,13-16H2,1-5H3/t22-/m0/s1. The van der Waals surface area contributed by atoms with Gasteiger partial charge in [-0.3, -0.25) is 9.80 Å². The highest BCUT2D eigenvalue weighted by atomic mass is 16.5. The molecule has 0 unspecified atom stereocenters. The Balaban J connectivity index is 1.66. The third-order valence-electron chi connectivity index (χ3n) is 6.91. The molecule has 2 aliphatic rings. The molecule has 1 aliphatic heterocycles. The van der Waals surface area contributed by atoms with Gasteiger partial charge in [0.05, 0.1) is 19.8 Å². The van der Waals surface area contributed by atoms with Gasteiger partial charge in [0.1, 0.15) is 17.5 Å². The summed E-state index contributed by atoms with van der Waals surface area (Å²) < 4.78 is 13.2. The molecule has 0 amide bonds. The van der Waals surface area contributed by atoms with Crippen molar-refractivity contribution in [2.24, 2.45) is 0 Å². The molecule has 0 spiro atoms. The monoisotopic (exact) mass is 442 g/mol. The molecule has 1 saturated heterocycles. The number of tetrazole rings is 1. The van der Waals surface area contributed by atoms with E-state index in [-0.39, 0.29) is 11.6 Å². The highest BCUT2D eigenvalue weighted by Gasteiger charge is 2.36. The van der Waals surface area contributed by atoms with E-state index in [1.807, 2.05) is 16.8 Å². The lowest BCUT2D eigenvalue weighted by molar-refractivity contribution is 0.0603. The van der Waals surface area contributed by atoms with Gasteiger partial charge in [-0.25, -0.2) is 4.68 Å². The van der Waals surface area contributed by atoms with Crippen LogP contribution in [0, 0.1) is 0 Å². The number of aromatic nitrogens is 4. The lowest BCUT2D eigenvalue weighted by atomic mass is 9.93. The zero-order valence-corrected chi connectivity index (χ0v) is 20.3. The first kappa shape index (κ1) is 23.0. The summed E-state index contributed by atoms with van der Waals surface area (Å²) in [6.45, 7) is 10.5. The Hall–Kier alpha value is -2.19. The van der Waals surface area contributed by atoms with Crippen molar-refractivity contribution in [3.63, 3.8) is 0 Å². The van der Waals surface area contributed by atoms with Crippen molar-refractivity contribution >= 4 is 0 Å². The highest BCUT2D eigenvalue weighted by Crippen LogP contribution is 2.38. The normalized spacial score (nSPS) is 20.3. The molecule has 1 atom stereocenters. The van der Waals surface area contributed by atoms with Crippen LogP contribution < -0.4 is 9.47 Å². The molecule has 8 nitrogen and oxygen atoms in total. The van der Waals surface area contributed by atoms with Crippen LogP contribution in [0.1, 0.15) is 70.3 Å². The van der Waals surface area contributed by atoms with E-state index in [2.05, 4.69) is 52.2 Å². The Kier molecular flexibility index (Phi) is 7.00. The summed E-state index contributed by atoms with van der Waals surface area (Å²) in [6, 6.07) is 6.70. The Morgan fingerprint density at radius 3 is 2.31 bits per heavy atom. The predicted molar refractivity (Wildman–Crippen MR) is 124 cm³/mol. The first-order valence-corrected chi connectivity index (χ1v) is 11.9. The van der Waals surface area contributed by atoms with Crippen molar-refractivity contribution in [2.75, 3.05) is 40.4 Å². The second kappa shape index (κ2) is 9.75. The van der Waals surface area contributed by atoms with Gasteiger partial charge in [0.25, 0.3) is 0 Å². The molecule has 8 heteroatoms. The summed E-state index contributed by atoms with van der Waals surface area (Å²) in [7, 11) is 3.39. The van der Waals surface area contributed by atoms with E-state index in [0.717, 1.165) is 55.1 Å². The van der Waals surface area contributed by atoms with E-state index < -0.39 is 0 Å². The largest absolute Gasteiger partial charge is 0.497 e. The highest BCUT2D eigenvalue weighted by molar-refractivity contribution is 5.44. The van der Waals surface area contributed by atoms with Gasteiger partial charge in [-0.1, -0.05) is 19.3 Å². The molecule has 176 valence electrons. The van der Waals surface area contributed by atoms with Gasteiger partial charge in [0, 0.05) is 43.9 Å². The van der Waals surface area contributed by atoms with Crippen LogP contribution in [-0.2, 0) is 5.54 Å². The SMILES string of the molecule is COc1ccc([C@@H](c2nnnn2C(C)(C)C)N2CCN(C3CCCCC3)CC2)c(OC)c1. The molecule has 2 aromatic rings. The molecule has 1 saturated carbocycles. The molecule has 0 bridgehead atoms. The third-order valence-corrected chi connectivity index (χ3v) is 6.91. The zero-order chi connectivity index (χ0) is 22.7. The molecule has 1 aromatic carbocycles. The average Bonchev–Trinajstić information content (AvgIpc) is 3.31. The van der Waals surface area contributed by atoms with Crippen molar-refractivity contribution in [2.45, 2.75) is 70.5 Å². The number of rotatable bonds is 6. The van der Waals surface area contributed by atoms with E-state index in [1.165, 1.54) is 32.1 Å². The van der Waals surface area contributed by atoms with Crippen LogP contribution in [0.25, 0.3) is 0 Å². The minimum absolute atomic E-state index is 0.0846. The number of piperazine rings is 1. The number of hydrogen-bond acceptors (Lipinski definition) is 7. The second-order valence-corrected chi connectivity index (χ2v) is 9.99. The van der Waals surface area contributed by atoms with Crippen LogP contribution in [0.4, 0.5) is 0 Å². The Morgan fingerprint density at radius 2 is 1.69 bits per heavy atom. The zero-order valence-electron chi connectivity index (χ0n) is 20.3. The van der Waals surface area contributed by atoms with Gasteiger partial charge in [-0.15, -0.1) is 5.10 Å². The fourth-order valence-corrected chi connectivity index (χ4v) is 5.19. The maximum atomic E-state index is 5.80. The van der Waals surface area contributed by atoms with E-state index >= 15 is 0 Å². The molecule has 4 rings (SSSR count). The predicted octanol–water partition coefficient (Wildman–Crippen LogP) is 3.49. The summed E-state index contributed by atoms with van der Waals surface area (Å²) in [4.78, 5) is 5.21. The van der Waals surface area contributed by atoms with Crippen LogP contribution in [0.5, 0.6) is 11.5 Å². The van der Waals surface area contributed by atoms with Gasteiger partial charge in [-0.05, 0) is 56.2 Å². The molecule has 2 fully saturated rings. The number of hydrogen-bond donors (Lipinski definition) is 0. The number of nitrogens with zero attached hydrogens (tertiary/aromatic N) is 6. The molecule has 1 aliphatic carbocycles. The lowest BCUT2D eigenvalue weighted by Gasteiger charge is -2.43. The Bertz CT molecular complexity index is 879. The Morgan fingerprint density at radius 1 is 0.969 bits per heavy atom. The molecular weight excluding hydrogens is 404 g/mol.